The van der Waals surface area contributed by atoms with Gasteiger partial charge in [-0.25, -0.2) is 0 Å². The van der Waals surface area contributed by atoms with Gasteiger partial charge in [-0.05, 0) is 40.1 Å². The summed E-state index contributed by atoms with van der Waals surface area (Å²) < 4.78 is 1.29. The monoisotopic (exact) mass is 343 g/mol. The third kappa shape index (κ3) is 1.32. The van der Waals surface area contributed by atoms with Crippen LogP contribution < -0.4 is 0 Å². The zero-order chi connectivity index (χ0) is 12.1. The molecule has 1 heterocycles. The van der Waals surface area contributed by atoms with Crippen LogP contribution in [0.5, 0.6) is 0 Å². The number of rotatable bonds is 0. The van der Waals surface area contributed by atoms with Crippen molar-refractivity contribution in [3.63, 3.8) is 0 Å². The van der Waals surface area contributed by atoms with Gasteiger partial charge in [-0.15, -0.1) is 0 Å². The second kappa shape index (κ2) is 3.72. The Kier molecular flexibility index (Phi) is 2.14. The van der Waals surface area contributed by atoms with Crippen LogP contribution >= 0.6 is 22.6 Å². The van der Waals surface area contributed by atoms with E-state index in [2.05, 4.69) is 82.2 Å². The summed E-state index contributed by atoms with van der Waals surface area (Å²) in [6, 6.07) is 19.3. The van der Waals surface area contributed by atoms with Gasteiger partial charge in [-0.3, -0.25) is 0 Å². The first-order chi connectivity index (χ1) is 8.84. The highest BCUT2D eigenvalue weighted by atomic mass is 127. The number of hydrogen-bond acceptors (Lipinski definition) is 0. The zero-order valence-corrected chi connectivity index (χ0v) is 11.7. The van der Waals surface area contributed by atoms with Crippen LogP contribution in [0, 0.1) is 3.57 Å². The van der Waals surface area contributed by atoms with Crippen LogP contribution in [0.4, 0.5) is 0 Å². The van der Waals surface area contributed by atoms with Crippen molar-refractivity contribution in [2.45, 2.75) is 0 Å². The molecule has 2 heteroatoms. The fourth-order valence-corrected chi connectivity index (χ4v) is 3.44. The second-order valence-electron chi connectivity index (χ2n) is 4.50. The molecule has 4 aromatic rings. The van der Waals surface area contributed by atoms with E-state index in [4.69, 9.17) is 0 Å². The van der Waals surface area contributed by atoms with Crippen LogP contribution in [0.1, 0.15) is 0 Å². The molecule has 1 nitrogen and oxygen atoms in total. The first kappa shape index (κ1) is 10.4. The van der Waals surface area contributed by atoms with Crippen molar-refractivity contribution in [3.8, 4) is 0 Å². The number of nitrogens with one attached hydrogen (secondary N) is 1. The highest BCUT2D eigenvalue weighted by molar-refractivity contribution is 14.1. The molecular formula is C16H10IN. The molecule has 0 unspecified atom stereocenters. The molecule has 0 radical (unpaired) electrons. The van der Waals surface area contributed by atoms with E-state index < -0.39 is 0 Å². The number of para-hydroxylation sites is 1. The maximum Gasteiger partial charge on any atom is 0.0555 e. The van der Waals surface area contributed by atoms with E-state index >= 15 is 0 Å². The minimum Gasteiger partial charge on any atom is -0.354 e. The minimum atomic E-state index is 1.21. The molecular weight excluding hydrogens is 333 g/mol. The SMILES string of the molecule is Ic1cccc2ccc3c4ccccc4[nH]c3c12. The van der Waals surface area contributed by atoms with E-state index in [0.29, 0.717) is 0 Å². The highest BCUT2D eigenvalue weighted by Crippen LogP contribution is 2.33. The third-order valence-corrected chi connectivity index (χ3v) is 4.37. The normalized spacial score (nSPS) is 11.6. The summed E-state index contributed by atoms with van der Waals surface area (Å²) >= 11 is 2.41. The standard InChI is InChI=1S/C16H10IN/c17-13-6-3-4-10-8-9-12-11-5-1-2-7-14(11)18-16(12)15(10)13/h1-9,18H. The van der Waals surface area contributed by atoms with Gasteiger partial charge in [0.05, 0.1) is 5.52 Å². The zero-order valence-electron chi connectivity index (χ0n) is 9.57. The van der Waals surface area contributed by atoms with Crippen molar-refractivity contribution in [1.82, 2.24) is 4.98 Å². The van der Waals surface area contributed by atoms with Crippen LogP contribution in [0.25, 0.3) is 32.6 Å². The number of fused-ring (bicyclic) bond motifs is 5. The van der Waals surface area contributed by atoms with Gasteiger partial charge < -0.3 is 4.98 Å². The van der Waals surface area contributed by atoms with Crippen LogP contribution in [0.2, 0.25) is 0 Å². The summed E-state index contributed by atoms with van der Waals surface area (Å²) in [5.41, 5.74) is 2.46. The van der Waals surface area contributed by atoms with E-state index in [0.717, 1.165) is 0 Å². The van der Waals surface area contributed by atoms with Gasteiger partial charge >= 0.3 is 0 Å². The molecule has 86 valence electrons. The molecule has 0 amide bonds. The topological polar surface area (TPSA) is 15.8 Å². The maximum absolute atomic E-state index is 3.56. The molecule has 0 saturated heterocycles. The Hall–Kier alpha value is -1.55. The molecule has 0 fully saturated rings. The van der Waals surface area contributed by atoms with Gasteiger partial charge in [0, 0.05) is 25.2 Å². The van der Waals surface area contributed by atoms with Crippen molar-refractivity contribution in [3.05, 3.63) is 58.2 Å². The van der Waals surface area contributed by atoms with Crippen LogP contribution in [0.3, 0.4) is 0 Å². The summed E-state index contributed by atoms with van der Waals surface area (Å²) in [6.45, 7) is 0. The van der Waals surface area contributed by atoms with Gasteiger partial charge in [0.15, 0.2) is 0 Å². The van der Waals surface area contributed by atoms with Gasteiger partial charge in [0.2, 0.25) is 0 Å². The van der Waals surface area contributed by atoms with Gasteiger partial charge in [-0.2, -0.15) is 0 Å². The Morgan fingerprint density at radius 2 is 1.67 bits per heavy atom. The molecule has 0 aliphatic heterocycles. The number of H-pyrrole nitrogens is 1. The van der Waals surface area contributed by atoms with Crippen LogP contribution in [0.15, 0.2) is 54.6 Å². The first-order valence-corrected chi connectivity index (χ1v) is 7.00. The Labute approximate surface area is 118 Å². The molecule has 0 aliphatic rings. The highest BCUT2D eigenvalue weighted by Gasteiger charge is 2.08. The van der Waals surface area contributed by atoms with E-state index in [1.54, 1.807) is 0 Å². The van der Waals surface area contributed by atoms with Crippen molar-refractivity contribution < 1.29 is 0 Å². The van der Waals surface area contributed by atoms with E-state index in [-0.39, 0.29) is 0 Å². The fourth-order valence-electron chi connectivity index (χ4n) is 2.65. The van der Waals surface area contributed by atoms with E-state index in [1.807, 2.05) is 0 Å². The predicted molar refractivity (Wildman–Crippen MR) is 86.0 cm³/mol. The number of aromatic amines is 1. The second-order valence-corrected chi connectivity index (χ2v) is 5.66. The quantitative estimate of drug-likeness (QED) is 0.429. The molecule has 1 aromatic heterocycles. The lowest BCUT2D eigenvalue weighted by Crippen LogP contribution is -1.79. The molecule has 4 rings (SSSR count). The maximum atomic E-state index is 3.56. The number of hydrogen-bond donors (Lipinski definition) is 1. The van der Waals surface area contributed by atoms with Crippen molar-refractivity contribution in [1.29, 1.82) is 0 Å². The summed E-state index contributed by atoms with van der Waals surface area (Å²) in [5, 5.41) is 5.23. The van der Waals surface area contributed by atoms with Crippen LogP contribution in [-0.4, -0.2) is 4.98 Å². The summed E-state index contributed by atoms with van der Waals surface area (Å²) in [6.07, 6.45) is 0. The lowest BCUT2D eigenvalue weighted by Gasteiger charge is -2.02. The van der Waals surface area contributed by atoms with Crippen molar-refractivity contribution in [2.75, 3.05) is 0 Å². The van der Waals surface area contributed by atoms with Gasteiger partial charge in [-0.1, -0.05) is 42.5 Å². The smallest absolute Gasteiger partial charge is 0.0555 e. The predicted octanol–water partition coefficient (Wildman–Crippen LogP) is 5.08. The number of halogens is 1. The first-order valence-electron chi connectivity index (χ1n) is 5.92. The van der Waals surface area contributed by atoms with Crippen LogP contribution in [-0.2, 0) is 0 Å². The largest absolute Gasteiger partial charge is 0.354 e. The van der Waals surface area contributed by atoms with Crippen molar-refractivity contribution in [2.24, 2.45) is 0 Å². The average Bonchev–Trinajstić information content (AvgIpc) is 2.77. The molecule has 0 bridgehead atoms. The fraction of sp³-hybridized carbons (Fsp3) is 0. The Morgan fingerprint density at radius 3 is 2.61 bits per heavy atom. The minimum absolute atomic E-state index is 1.21. The molecule has 0 atom stereocenters. The molecule has 0 aliphatic carbocycles. The van der Waals surface area contributed by atoms with Gasteiger partial charge in [0.1, 0.15) is 0 Å². The molecule has 18 heavy (non-hydrogen) atoms. The number of benzene rings is 3. The van der Waals surface area contributed by atoms with E-state index in [9.17, 15) is 0 Å². The van der Waals surface area contributed by atoms with E-state index in [1.165, 1.54) is 36.1 Å². The average molecular weight is 343 g/mol. The van der Waals surface area contributed by atoms with Crippen molar-refractivity contribution >= 4 is 55.2 Å². The summed E-state index contributed by atoms with van der Waals surface area (Å²) in [7, 11) is 0. The lowest BCUT2D eigenvalue weighted by molar-refractivity contribution is 1.56. The van der Waals surface area contributed by atoms with Gasteiger partial charge in [0.25, 0.3) is 0 Å². The summed E-state index contributed by atoms with van der Waals surface area (Å²) in [4.78, 5) is 3.56. The Balaban J connectivity index is 2.35. The Morgan fingerprint density at radius 1 is 0.778 bits per heavy atom. The molecule has 3 aromatic carbocycles. The molecule has 0 spiro atoms. The number of aromatic nitrogens is 1. The Bertz CT molecular complexity index is 889. The molecule has 0 saturated carbocycles. The third-order valence-electron chi connectivity index (χ3n) is 3.47. The molecule has 1 N–H and O–H groups in total. The summed E-state index contributed by atoms with van der Waals surface area (Å²) in [5.74, 6) is 0. The lowest BCUT2D eigenvalue weighted by atomic mass is 10.1.